The molecule has 3 heteroatoms. The van der Waals surface area contributed by atoms with E-state index >= 15 is 0 Å². The van der Waals surface area contributed by atoms with Crippen LogP contribution in [0.4, 0.5) is 4.39 Å². The van der Waals surface area contributed by atoms with Crippen molar-refractivity contribution in [3.8, 4) is 0 Å². The van der Waals surface area contributed by atoms with Crippen molar-refractivity contribution in [2.24, 2.45) is 5.92 Å². The molecule has 0 aromatic carbocycles. The highest BCUT2D eigenvalue weighted by atomic mass is 19.1. The van der Waals surface area contributed by atoms with Crippen molar-refractivity contribution in [1.29, 1.82) is 0 Å². The largest absolute Gasteiger partial charge is 0.317 e. The molecule has 0 radical (unpaired) electrons. The fraction of sp³-hybridized carbons (Fsp3) is 1.00. The second kappa shape index (κ2) is 4.38. The number of halogens is 1. The van der Waals surface area contributed by atoms with Gasteiger partial charge in [-0.1, -0.05) is 0 Å². The first-order valence-corrected chi connectivity index (χ1v) is 5.46. The number of piperidine rings is 2. The second-order valence-corrected chi connectivity index (χ2v) is 4.23. The number of hydrogen-bond donors (Lipinski definition) is 2. The summed E-state index contributed by atoms with van der Waals surface area (Å²) in [5.74, 6) is 0.566. The molecule has 2 heterocycles. The van der Waals surface area contributed by atoms with Crippen LogP contribution in [0.25, 0.3) is 0 Å². The summed E-state index contributed by atoms with van der Waals surface area (Å²) >= 11 is 0. The maximum Gasteiger partial charge on any atom is 0.116 e. The Bertz CT molecular complexity index is 157. The molecule has 0 saturated carbocycles. The Morgan fingerprint density at radius 1 is 1.00 bits per heavy atom. The van der Waals surface area contributed by atoms with Gasteiger partial charge in [-0.15, -0.1) is 0 Å². The van der Waals surface area contributed by atoms with Crippen LogP contribution in [-0.2, 0) is 0 Å². The predicted octanol–water partition coefficient (Wildman–Crippen LogP) is 1.08. The molecule has 2 rings (SSSR count). The Morgan fingerprint density at radius 3 is 2.46 bits per heavy atom. The van der Waals surface area contributed by atoms with E-state index < -0.39 is 6.17 Å². The lowest BCUT2D eigenvalue weighted by Gasteiger charge is -2.36. The van der Waals surface area contributed by atoms with Crippen molar-refractivity contribution in [1.82, 2.24) is 10.6 Å². The molecule has 0 bridgehead atoms. The van der Waals surface area contributed by atoms with Gasteiger partial charge in [0.25, 0.3) is 0 Å². The molecule has 2 fully saturated rings. The zero-order valence-electron chi connectivity index (χ0n) is 8.06. The third-order valence-corrected chi connectivity index (χ3v) is 3.32. The van der Waals surface area contributed by atoms with E-state index in [1.807, 2.05) is 0 Å². The minimum absolute atomic E-state index is 0.149. The molecular formula is C10H19FN2. The van der Waals surface area contributed by atoms with Gasteiger partial charge in [0.05, 0.1) is 0 Å². The van der Waals surface area contributed by atoms with Crippen LogP contribution in [-0.4, -0.2) is 31.8 Å². The van der Waals surface area contributed by atoms with Crippen LogP contribution in [0, 0.1) is 5.92 Å². The van der Waals surface area contributed by atoms with Gasteiger partial charge in [-0.25, -0.2) is 4.39 Å². The fourth-order valence-corrected chi connectivity index (χ4v) is 2.54. The van der Waals surface area contributed by atoms with Crippen LogP contribution >= 0.6 is 0 Å². The topological polar surface area (TPSA) is 24.1 Å². The first-order valence-electron chi connectivity index (χ1n) is 5.46. The minimum atomic E-state index is -0.600. The van der Waals surface area contributed by atoms with Crippen molar-refractivity contribution in [3.05, 3.63) is 0 Å². The summed E-state index contributed by atoms with van der Waals surface area (Å²) in [5, 5.41) is 6.65. The lowest BCUT2D eigenvalue weighted by molar-refractivity contribution is 0.134. The van der Waals surface area contributed by atoms with Crippen LogP contribution in [0.15, 0.2) is 0 Å². The first-order chi connectivity index (χ1) is 6.38. The number of alkyl halides is 1. The van der Waals surface area contributed by atoms with E-state index in [2.05, 4.69) is 10.6 Å². The van der Waals surface area contributed by atoms with Crippen molar-refractivity contribution >= 4 is 0 Å². The van der Waals surface area contributed by atoms with Crippen molar-refractivity contribution < 1.29 is 4.39 Å². The Morgan fingerprint density at radius 2 is 1.77 bits per heavy atom. The van der Waals surface area contributed by atoms with E-state index in [1.54, 1.807) is 0 Å². The zero-order valence-corrected chi connectivity index (χ0v) is 8.06. The van der Waals surface area contributed by atoms with Gasteiger partial charge in [0.2, 0.25) is 0 Å². The Labute approximate surface area is 79.3 Å². The summed E-state index contributed by atoms with van der Waals surface area (Å²) in [6, 6.07) is 0.149. The molecule has 0 amide bonds. The fourth-order valence-electron chi connectivity index (χ4n) is 2.54. The summed E-state index contributed by atoms with van der Waals surface area (Å²) in [6.45, 7) is 3.14. The van der Waals surface area contributed by atoms with E-state index in [9.17, 15) is 4.39 Å². The van der Waals surface area contributed by atoms with Gasteiger partial charge in [-0.3, -0.25) is 0 Å². The minimum Gasteiger partial charge on any atom is -0.317 e. The quantitative estimate of drug-likeness (QED) is 0.640. The lowest BCUT2D eigenvalue weighted by Crippen LogP contribution is -2.50. The van der Waals surface area contributed by atoms with Crippen LogP contribution in [0.3, 0.4) is 0 Å². The molecular weight excluding hydrogens is 167 g/mol. The zero-order chi connectivity index (χ0) is 9.10. The normalized spacial score (nSPS) is 37.6. The number of rotatable bonds is 1. The van der Waals surface area contributed by atoms with Crippen LogP contribution in [0.2, 0.25) is 0 Å². The SMILES string of the molecule is FC1CCCNC1C1CCNCC1. The predicted molar refractivity (Wildman–Crippen MR) is 51.5 cm³/mol. The van der Waals surface area contributed by atoms with Gasteiger partial charge in [0.15, 0.2) is 0 Å². The first kappa shape index (κ1) is 9.41. The van der Waals surface area contributed by atoms with Gasteiger partial charge in [0, 0.05) is 6.04 Å². The van der Waals surface area contributed by atoms with Gasteiger partial charge in [-0.05, 0) is 51.2 Å². The molecule has 13 heavy (non-hydrogen) atoms. The van der Waals surface area contributed by atoms with Crippen molar-refractivity contribution in [2.45, 2.75) is 37.9 Å². The van der Waals surface area contributed by atoms with Gasteiger partial charge in [-0.2, -0.15) is 0 Å². The molecule has 2 saturated heterocycles. The summed E-state index contributed by atoms with van der Waals surface area (Å²) in [7, 11) is 0. The monoisotopic (exact) mass is 186 g/mol. The average molecular weight is 186 g/mol. The highest BCUT2D eigenvalue weighted by Gasteiger charge is 2.31. The second-order valence-electron chi connectivity index (χ2n) is 4.23. The van der Waals surface area contributed by atoms with Gasteiger partial charge < -0.3 is 10.6 Å². The third kappa shape index (κ3) is 2.20. The molecule has 2 nitrogen and oxygen atoms in total. The molecule has 2 aliphatic rings. The van der Waals surface area contributed by atoms with E-state index in [4.69, 9.17) is 0 Å². The molecule has 0 spiro atoms. The van der Waals surface area contributed by atoms with Crippen LogP contribution in [0.5, 0.6) is 0 Å². The highest BCUT2D eigenvalue weighted by molar-refractivity contribution is 4.88. The molecule has 2 unspecified atom stereocenters. The van der Waals surface area contributed by atoms with E-state index in [0.717, 1.165) is 45.3 Å². The Hall–Kier alpha value is -0.150. The maximum absolute atomic E-state index is 13.5. The Balaban J connectivity index is 1.88. The molecule has 0 aliphatic carbocycles. The van der Waals surface area contributed by atoms with E-state index in [1.165, 1.54) is 0 Å². The third-order valence-electron chi connectivity index (χ3n) is 3.32. The highest BCUT2D eigenvalue weighted by Crippen LogP contribution is 2.24. The lowest BCUT2D eigenvalue weighted by atomic mass is 9.84. The summed E-state index contributed by atoms with van der Waals surface area (Å²) in [4.78, 5) is 0. The standard InChI is InChI=1S/C10H19FN2/c11-9-2-1-5-13-10(9)8-3-6-12-7-4-8/h8-10,12-13H,1-7H2. The Kier molecular flexibility index (Phi) is 3.17. The molecule has 0 aromatic rings. The number of hydrogen-bond acceptors (Lipinski definition) is 2. The molecule has 2 atom stereocenters. The molecule has 76 valence electrons. The van der Waals surface area contributed by atoms with Crippen molar-refractivity contribution in [2.75, 3.05) is 19.6 Å². The summed E-state index contributed by atoms with van der Waals surface area (Å²) in [6.07, 6.45) is 3.44. The van der Waals surface area contributed by atoms with E-state index in [0.29, 0.717) is 5.92 Å². The van der Waals surface area contributed by atoms with Crippen LogP contribution in [0.1, 0.15) is 25.7 Å². The maximum atomic E-state index is 13.5. The smallest absolute Gasteiger partial charge is 0.116 e. The average Bonchev–Trinajstić information content (AvgIpc) is 2.20. The molecule has 0 aromatic heterocycles. The van der Waals surface area contributed by atoms with Crippen LogP contribution < -0.4 is 10.6 Å². The van der Waals surface area contributed by atoms with Crippen molar-refractivity contribution in [3.63, 3.8) is 0 Å². The van der Waals surface area contributed by atoms with E-state index in [-0.39, 0.29) is 6.04 Å². The van der Waals surface area contributed by atoms with Gasteiger partial charge in [0.1, 0.15) is 6.17 Å². The molecule has 2 aliphatic heterocycles. The summed E-state index contributed by atoms with van der Waals surface area (Å²) < 4.78 is 13.5. The number of nitrogens with one attached hydrogen (secondary N) is 2. The van der Waals surface area contributed by atoms with Gasteiger partial charge >= 0.3 is 0 Å². The summed E-state index contributed by atoms with van der Waals surface area (Å²) in [5.41, 5.74) is 0. The molecule has 2 N–H and O–H groups in total.